The molecule has 4 rings (SSSR count). The van der Waals surface area contributed by atoms with E-state index < -0.39 is 23.8 Å². The van der Waals surface area contributed by atoms with Gasteiger partial charge >= 0.3 is 18.2 Å². The van der Waals surface area contributed by atoms with Crippen molar-refractivity contribution in [3.05, 3.63) is 65.9 Å². The maximum atomic E-state index is 13.3. The second-order valence-electron chi connectivity index (χ2n) is 6.97. The van der Waals surface area contributed by atoms with Gasteiger partial charge in [0.05, 0.1) is 35.4 Å². The minimum Gasteiger partial charge on any atom is -0.460 e. The summed E-state index contributed by atoms with van der Waals surface area (Å²) in [5.74, 6) is -0.630. The lowest BCUT2D eigenvalue weighted by atomic mass is 10.1. The molecular weight excluding hydrogens is 427 g/mol. The topological polar surface area (TPSA) is 80.8 Å². The molecule has 0 saturated carbocycles. The molecule has 0 unspecified atom stereocenters. The molecule has 2 heterocycles. The van der Waals surface area contributed by atoms with Crippen LogP contribution in [0.3, 0.4) is 0 Å². The lowest BCUT2D eigenvalue weighted by Gasteiger charge is -2.16. The fourth-order valence-electron chi connectivity index (χ4n) is 3.38. The number of ether oxygens (including phenoxy) is 2. The van der Waals surface area contributed by atoms with E-state index in [1.807, 2.05) is 0 Å². The van der Waals surface area contributed by atoms with E-state index in [0.717, 1.165) is 6.07 Å². The second kappa shape index (κ2) is 8.74. The largest absolute Gasteiger partial charge is 0.460 e. The maximum absolute atomic E-state index is 13.3. The van der Waals surface area contributed by atoms with Crippen molar-refractivity contribution in [1.82, 2.24) is 9.88 Å². The van der Waals surface area contributed by atoms with Gasteiger partial charge in [-0.15, -0.1) is 0 Å². The molecule has 1 aliphatic heterocycles. The first-order chi connectivity index (χ1) is 15.3. The number of para-hydroxylation sites is 2. The van der Waals surface area contributed by atoms with E-state index in [1.54, 1.807) is 24.3 Å². The number of carbonyl (C=O) groups excluding carboxylic acids is 2. The number of alkyl halides is 3. The van der Waals surface area contributed by atoms with Crippen LogP contribution in [0.2, 0.25) is 0 Å². The zero-order chi connectivity index (χ0) is 22.7. The molecule has 0 bridgehead atoms. The summed E-state index contributed by atoms with van der Waals surface area (Å²) >= 11 is 0. The van der Waals surface area contributed by atoms with Gasteiger partial charge in [-0.2, -0.15) is 13.2 Å². The number of nitrogens with one attached hydrogen (secondary N) is 1. The predicted molar refractivity (Wildman–Crippen MR) is 110 cm³/mol. The number of amides is 1. The normalized spacial score (nSPS) is 13.8. The first-order valence-electron chi connectivity index (χ1n) is 9.74. The maximum Gasteiger partial charge on any atom is 0.418 e. The quantitative estimate of drug-likeness (QED) is 0.559. The molecule has 1 aliphatic rings. The van der Waals surface area contributed by atoms with Crippen LogP contribution in [-0.2, 0) is 15.7 Å². The van der Waals surface area contributed by atoms with Crippen LogP contribution in [0.5, 0.6) is 0 Å². The van der Waals surface area contributed by atoms with E-state index >= 15 is 0 Å². The molecule has 10 heteroatoms. The van der Waals surface area contributed by atoms with Gasteiger partial charge in [0.15, 0.2) is 0 Å². The molecule has 2 aromatic carbocycles. The molecule has 1 aromatic heterocycles. The third-order valence-electron chi connectivity index (χ3n) is 4.93. The molecule has 32 heavy (non-hydrogen) atoms. The summed E-state index contributed by atoms with van der Waals surface area (Å²) in [5.41, 5.74) is -0.105. The van der Waals surface area contributed by atoms with Crippen molar-refractivity contribution in [2.24, 2.45) is 0 Å². The van der Waals surface area contributed by atoms with Crippen LogP contribution in [0.25, 0.3) is 10.9 Å². The highest BCUT2D eigenvalue weighted by Crippen LogP contribution is 2.36. The van der Waals surface area contributed by atoms with Crippen LogP contribution < -0.4 is 5.32 Å². The summed E-state index contributed by atoms with van der Waals surface area (Å²) in [6.07, 6.45) is -3.73. The highest BCUT2D eigenvalue weighted by molar-refractivity contribution is 6.00. The van der Waals surface area contributed by atoms with Gasteiger partial charge in [0.25, 0.3) is 0 Å². The van der Waals surface area contributed by atoms with Crippen molar-refractivity contribution in [1.29, 1.82) is 0 Å². The second-order valence-corrected chi connectivity index (χ2v) is 6.97. The average molecular weight is 445 g/mol. The molecule has 0 spiro atoms. The van der Waals surface area contributed by atoms with Gasteiger partial charge in [-0.3, -0.25) is 4.98 Å². The van der Waals surface area contributed by atoms with Crippen molar-refractivity contribution in [2.75, 3.05) is 31.6 Å². The summed E-state index contributed by atoms with van der Waals surface area (Å²) in [6.45, 7) is 0.920. The van der Waals surface area contributed by atoms with Crippen molar-refractivity contribution in [3.8, 4) is 0 Å². The van der Waals surface area contributed by atoms with Gasteiger partial charge in [-0.25, -0.2) is 9.59 Å². The Hall–Kier alpha value is -3.82. The number of nitrogens with zero attached hydrogens (tertiary/aromatic N) is 2. The number of fused-ring (bicyclic) bond motifs is 1. The van der Waals surface area contributed by atoms with Gasteiger partial charge in [0, 0.05) is 17.3 Å². The third-order valence-corrected chi connectivity index (χ3v) is 4.93. The Bertz CT molecular complexity index is 1170. The number of benzene rings is 2. The number of anilines is 2. The molecule has 0 aliphatic carbocycles. The van der Waals surface area contributed by atoms with Crippen molar-refractivity contribution < 1.29 is 32.2 Å². The molecule has 1 fully saturated rings. The molecule has 7 nitrogen and oxygen atoms in total. The SMILES string of the molecule is O=C(OCCN1CCOC1=O)c1ccccc1Nc1ccnc2c(C(F)(F)F)cccc12. The molecule has 1 N–H and O–H groups in total. The number of halogens is 3. The minimum atomic E-state index is -4.55. The number of cyclic esters (lactones) is 1. The lowest BCUT2D eigenvalue weighted by molar-refractivity contribution is -0.136. The predicted octanol–water partition coefficient (Wildman–Crippen LogP) is 4.61. The third kappa shape index (κ3) is 4.43. The van der Waals surface area contributed by atoms with E-state index in [2.05, 4.69) is 10.3 Å². The number of rotatable bonds is 6. The number of hydrogen-bond donors (Lipinski definition) is 1. The van der Waals surface area contributed by atoms with Gasteiger partial charge in [-0.05, 0) is 24.3 Å². The van der Waals surface area contributed by atoms with Crippen LogP contribution in [0.1, 0.15) is 15.9 Å². The van der Waals surface area contributed by atoms with E-state index in [9.17, 15) is 22.8 Å². The van der Waals surface area contributed by atoms with Crippen molar-refractivity contribution in [2.45, 2.75) is 6.18 Å². The van der Waals surface area contributed by atoms with Gasteiger partial charge in [-0.1, -0.05) is 24.3 Å². The van der Waals surface area contributed by atoms with Crippen LogP contribution in [-0.4, -0.2) is 48.2 Å². The summed E-state index contributed by atoms with van der Waals surface area (Å²) < 4.78 is 50.1. The fraction of sp³-hybridized carbons (Fsp3) is 0.227. The van der Waals surface area contributed by atoms with Crippen molar-refractivity contribution in [3.63, 3.8) is 0 Å². The summed E-state index contributed by atoms with van der Waals surface area (Å²) in [7, 11) is 0. The minimum absolute atomic E-state index is 0.0185. The van der Waals surface area contributed by atoms with Gasteiger partial charge in [0.2, 0.25) is 0 Å². The van der Waals surface area contributed by atoms with Gasteiger partial charge < -0.3 is 19.7 Å². The summed E-state index contributed by atoms with van der Waals surface area (Å²) in [4.78, 5) is 29.4. The van der Waals surface area contributed by atoms with E-state index in [4.69, 9.17) is 9.47 Å². The highest BCUT2D eigenvalue weighted by atomic mass is 19.4. The Morgan fingerprint density at radius 3 is 2.69 bits per heavy atom. The summed E-state index contributed by atoms with van der Waals surface area (Å²) in [5, 5.41) is 3.28. The number of hydrogen-bond acceptors (Lipinski definition) is 6. The Balaban J connectivity index is 1.55. The highest BCUT2D eigenvalue weighted by Gasteiger charge is 2.33. The number of carbonyl (C=O) groups is 2. The molecule has 3 aromatic rings. The van der Waals surface area contributed by atoms with Crippen LogP contribution in [0.15, 0.2) is 54.7 Å². The number of aromatic nitrogens is 1. The van der Waals surface area contributed by atoms with E-state index in [-0.39, 0.29) is 29.6 Å². The van der Waals surface area contributed by atoms with Gasteiger partial charge in [0.1, 0.15) is 13.2 Å². The molecule has 1 saturated heterocycles. The monoisotopic (exact) mass is 445 g/mol. The first kappa shape index (κ1) is 21.4. The average Bonchev–Trinajstić information content (AvgIpc) is 3.18. The van der Waals surface area contributed by atoms with E-state index in [0.29, 0.717) is 24.5 Å². The number of pyridine rings is 1. The summed E-state index contributed by atoms with van der Waals surface area (Å²) in [6, 6.07) is 11.8. The Morgan fingerprint density at radius 1 is 1.12 bits per heavy atom. The molecule has 166 valence electrons. The number of esters is 1. The van der Waals surface area contributed by atoms with Crippen LogP contribution in [0, 0.1) is 0 Å². The van der Waals surface area contributed by atoms with Crippen molar-refractivity contribution >= 4 is 34.3 Å². The molecule has 0 radical (unpaired) electrons. The Morgan fingerprint density at radius 2 is 1.94 bits per heavy atom. The zero-order valence-electron chi connectivity index (χ0n) is 16.7. The fourth-order valence-corrected chi connectivity index (χ4v) is 3.38. The van der Waals surface area contributed by atoms with E-state index in [1.165, 1.54) is 29.3 Å². The standard InChI is InChI=1S/C22H18F3N3O4/c23-22(24,25)16-6-3-5-14-18(8-9-26-19(14)16)27-17-7-2-1-4-15(17)20(29)31-12-10-28-11-13-32-21(28)30/h1-9H,10-13H2,(H,26,27). The van der Waals surface area contributed by atoms with Crippen LogP contribution >= 0.6 is 0 Å². The Kier molecular flexibility index (Phi) is 5.85. The zero-order valence-corrected chi connectivity index (χ0v) is 16.7. The molecular formula is C22H18F3N3O4. The first-order valence-corrected chi connectivity index (χ1v) is 9.74. The molecule has 1 amide bonds. The Labute approximate surface area is 180 Å². The lowest BCUT2D eigenvalue weighted by Crippen LogP contribution is -2.29. The molecule has 0 atom stereocenters. The van der Waals surface area contributed by atoms with Crippen LogP contribution in [0.4, 0.5) is 29.3 Å². The smallest absolute Gasteiger partial charge is 0.418 e.